The summed E-state index contributed by atoms with van der Waals surface area (Å²) >= 11 is 0. The second kappa shape index (κ2) is 6.78. The number of aliphatic hydroxyl groups excluding tert-OH is 1. The molecule has 106 valence electrons. The summed E-state index contributed by atoms with van der Waals surface area (Å²) in [5, 5.41) is 9.95. The van der Waals surface area contributed by atoms with E-state index in [9.17, 15) is 5.11 Å². The Morgan fingerprint density at radius 3 is 2.63 bits per heavy atom. The van der Waals surface area contributed by atoms with Crippen LogP contribution in [0.15, 0.2) is 24.3 Å². The van der Waals surface area contributed by atoms with Gasteiger partial charge in [0.25, 0.3) is 0 Å². The molecule has 1 aliphatic carbocycles. The first-order chi connectivity index (χ1) is 9.13. The number of hydrogen-bond acceptors (Lipinski definition) is 4. The number of nitrogens with two attached hydrogens (primary N) is 1. The van der Waals surface area contributed by atoms with Gasteiger partial charge in [0, 0.05) is 18.8 Å². The van der Waals surface area contributed by atoms with Gasteiger partial charge in [0.05, 0.1) is 0 Å². The molecule has 0 spiro atoms. The monoisotopic (exact) mass is 264 g/mol. The minimum absolute atomic E-state index is 0.318. The normalized spacial score (nSPS) is 17.2. The molecule has 0 aromatic heterocycles. The van der Waals surface area contributed by atoms with Crippen LogP contribution < -0.4 is 10.5 Å². The molecule has 1 aliphatic rings. The molecule has 4 heteroatoms. The Bertz CT molecular complexity index is 376. The van der Waals surface area contributed by atoms with Gasteiger partial charge in [-0.3, -0.25) is 0 Å². The zero-order chi connectivity index (χ0) is 13.7. The van der Waals surface area contributed by atoms with E-state index in [1.54, 1.807) is 12.1 Å². The standard InChI is InChI=1S/C15H24N2O2/c1-17(9-12-3-2-4-12)10-14(18)11-19-15-7-5-13(16)6-8-15/h5-8,12,14,18H,2-4,9-11,16H2,1H3. The zero-order valence-corrected chi connectivity index (χ0v) is 11.6. The van der Waals surface area contributed by atoms with Crippen LogP contribution in [0.4, 0.5) is 5.69 Å². The number of nitrogens with zero attached hydrogens (tertiary/aromatic N) is 1. The number of likely N-dealkylation sites (N-methyl/N-ethyl adjacent to an activating group) is 1. The molecule has 2 rings (SSSR count). The lowest BCUT2D eigenvalue weighted by Crippen LogP contribution is -2.37. The van der Waals surface area contributed by atoms with Crippen molar-refractivity contribution >= 4 is 5.69 Å². The van der Waals surface area contributed by atoms with Crippen molar-refractivity contribution < 1.29 is 9.84 Å². The summed E-state index contributed by atoms with van der Waals surface area (Å²) in [6.07, 6.45) is 3.58. The molecule has 19 heavy (non-hydrogen) atoms. The second-order valence-electron chi connectivity index (χ2n) is 5.55. The molecule has 1 atom stereocenters. The van der Waals surface area contributed by atoms with Gasteiger partial charge in [-0.25, -0.2) is 0 Å². The van der Waals surface area contributed by atoms with E-state index in [4.69, 9.17) is 10.5 Å². The molecule has 0 radical (unpaired) electrons. The fraction of sp³-hybridized carbons (Fsp3) is 0.600. The van der Waals surface area contributed by atoms with Gasteiger partial charge in [0.15, 0.2) is 0 Å². The van der Waals surface area contributed by atoms with E-state index in [-0.39, 0.29) is 0 Å². The Morgan fingerprint density at radius 1 is 1.37 bits per heavy atom. The van der Waals surface area contributed by atoms with Crippen molar-refractivity contribution in [3.05, 3.63) is 24.3 Å². The molecule has 0 heterocycles. The van der Waals surface area contributed by atoms with Crippen molar-refractivity contribution in [1.82, 2.24) is 4.90 Å². The van der Waals surface area contributed by atoms with Gasteiger partial charge in [-0.1, -0.05) is 6.42 Å². The number of anilines is 1. The van der Waals surface area contributed by atoms with Crippen molar-refractivity contribution in [1.29, 1.82) is 0 Å². The first-order valence-corrected chi connectivity index (χ1v) is 6.98. The first-order valence-electron chi connectivity index (χ1n) is 6.98. The predicted molar refractivity (Wildman–Crippen MR) is 77.2 cm³/mol. The van der Waals surface area contributed by atoms with E-state index in [0.717, 1.165) is 18.2 Å². The zero-order valence-electron chi connectivity index (χ0n) is 11.6. The smallest absolute Gasteiger partial charge is 0.119 e. The third kappa shape index (κ3) is 4.73. The van der Waals surface area contributed by atoms with Gasteiger partial charge < -0.3 is 20.5 Å². The van der Waals surface area contributed by atoms with Crippen LogP contribution >= 0.6 is 0 Å². The number of ether oxygens (including phenoxy) is 1. The molecule has 0 aliphatic heterocycles. The quantitative estimate of drug-likeness (QED) is 0.737. The van der Waals surface area contributed by atoms with Crippen molar-refractivity contribution in [2.24, 2.45) is 5.92 Å². The molecule has 0 bridgehead atoms. The maximum Gasteiger partial charge on any atom is 0.119 e. The van der Waals surface area contributed by atoms with Crippen molar-refractivity contribution in [3.63, 3.8) is 0 Å². The summed E-state index contributed by atoms with van der Waals surface area (Å²) < 4.78 is 5.54. The largest absolute Gasteiger partial charge is 0.491 e. The van der Waals surface area contributed by atoms with Gasteiger partial charge in [-0.05, 0) is 50.1 Å². The van der Waals surface area contributed by atoms with Gasteiger partial charge in [0.1, 0.15) is 18.5 Å². The highest BCUT2D eigenvalue weighted by molar-refractivity contribution is 5.41. The highest BCUT2D eigenvalue weighted by atomic mass is 16.5. The molecule has 1 fully saturated rings. The summed E-state index contributed by atoms with van der Waals surface area (Å²) in [6, 6.07) is 7.23. The summed E-state index contributed by atoms with van der Waals surface area (Å²) in [5.41, 5.74) is 6.32. The van der Waals surface area contributed by atoms with Crippen LogP contribution in [0.5, 0.6) is 5.75 Å². The molecule has 0 amide bonds. The Kier molecular flexibility index (Phi) is 5.05. The number of nitrogen functional groups attached to an aromatic ring is 1. The van der Waals surface area contributed by atoms with Crippen LogP contribution in [0.1, 0.15) is 19.3 Å². The summed E-state index contributed by atoms with van der Waals surface area (Å²) in [6.45, 7) is 2.06. The van der Waals surface area contributed by atoms with Gasteiger partial charge >= 0.3 is 0 Å². The Hall–Kier alpha value is -1.26. The summed E-state index contributed by atoms with van der Waals surface area (Å²) in [4.78, 5) is 2.20. The van der Waals surface area contributed by atoms with Crippen LogP contribution in [-0.4, -0.2) is 42.9 Å². The number of aliphatic hydroxyl groups is 1. The first kappa shape index (κ1) is 14.2. The topological polar surface area (TPSA) is 58.7 Å². The van der Waals surface area contributed by atoms with E-state index < -0.39 is 6.10 Å². The lowest BCUT2D eigenvalue weighted by atomic mass is 9.85. The van der Waals surface area contributed by atoms with Crippen molar-refractivity contribution in [2.45, 2.75) is 25.4 Å². The molecule has 0 saturated heterocycles. The van der Waals surface area contributed by atoms with E-state index >= 15 is 0 Å². The van der Waals surface area contributed by atoms with E-state index in [1.165, 1.54) is 19.3 Å². The van der Waals surface area contributed by atoms with E-state index in [0.29, 0.717) is 18.8 Å². The van der Waals surface area contributed by atoms with Gasteiger partial charge in [0.2, 0.25) is 0 Å². The van der Waals surface area contributed by atoms with Crippen LogP contribution in [0, 0.1) is 5.92 Å². The molecular formula is C15H24N2O2. The van der Waals surface area contributed by atoms with Crippen LogP contribution in [0.2, 0.25) is 0 Å². The lowest BCUT2D eigenvalue weighted by Gasteiger charge is -2.31. The summed E-state index contributed by atoms with van der Waals surface area (Å²) in [5.74, 6) is 1.57. The molecule has 4 nitrogen and oxygen atoms in total. The highest BCUT2D eigenvalue weighted by Crippen LogP contribution is 2.26. The number of benzene rings is 1. The van der Waals surface area contributed by atoms with Crippen LogP contribution in [0.3, 0.4) is 0 Å². The van der Waals surface area contributed by atoms with E-state index in [1.807, 2.05) is 12.1 Å². The average molecular weight is 264 g/mol. The fourth-order valence-corrected chi connectivity index (χ4v) is 2.36. The van der Waals surface area contributed by atoms with Crippen molar-refractivity contribution in [2.75, 3.05) is 32.5 Å². The molecule has 1 saturated carbocycles. The Labute approximate surface area is 115 Å². The maximum atomic E-state index is 9.95. The molecule has 3 N–H and O–H groups in total. The molecule has 1 aromatic rings. The van der Waals surface area contributed by atoms with Crippen LogP contribution in [-0.2, 0) is 0 Å². The summed E-state index contributed by atoms with van der Waals surface area (Å²) in [7, 11) is 2.06. The van der Waals surface area contributed by atoms with E-state index in [2.05, 4.69) is 11.9 Å². The minimum atomic E-state index is -0.456. The van der Waals surface area contributed by atoms with Gasteiger partial charge in [-0.15, -0.1) is 0 Å². The third-order valence-corrected chi connectivity index (χ3v) is 3.64. The highest BCUT2D eigenvalue weighted by Gasteiger charge is 2.20. The average Bonchev–Trinajstić information content (AvgIpc) is 2.33. The minimum Gasteiger partial charge on any atom is -0.491 e. The fourth-order valence-electron chi connectivity index (χ4n) is 2.36. The van der Waals surface area contributed by atoms with Crippen molar-refractivity contribution in [3.8, 4) is 5.75 Å². The van der Waals surface area contributed by atoms with Gasteiger partial charge in [-0.2, -0.15) is 0 Å². The third-order valence-electron chi connectivity index (χ3n) is 3.64. The Morgan fingerprint density at radius 2 is 2.05 bits per heavy atom. The Balaban J connectivity index is 1.65. The number of hydrogen-bond donors (Lipinski definition) is 2. The number of rotatable bonds is 7. The maximum absolute atomic E-state index is 9.95. The van der Waals surface area contributed by atoms with Crippen LogP contribution in [0.25, 0.3) is 0 Å². The lowest BCUT2D eigenvalue weighted by molar-refractivity contribution is 0.0665. The predicted octanol–water partition coefficient (Wildman–Crippen LogP) is 1.74. The SMILES string of the molecule is CN(CC(O)COc1ccc(N)cc1)CC1CCC1. The second-order valence-corrected chi connectivity index (χ2v) is 5.55. The molecule has 1 unspecified atom stereocenters. The molecular weight excluding hydrogens is 240 g/mol. The molecule has 1 aromatic carbocycles.